The summed E-state index contributed by atoms with van der Waals surface area (Å²) in [6, 6.07) is 4.57. The van der Waals surface area contributed by atoms with Gasteiger partial charge in [0.2, 0.25) is 0 Å². The molecule has 0 unspecified atom stereocenters. The number of unbranched alkanes of at least 4 members (excludes halogenated alkanes) is 1. The van der Waals surface area contributed by atoms with Crippen molar-refractivity contribution in [2.75, 3.05) is 5.75 Å². The van der Waals surface area contributed by atoms with Gasteiger partial charge in [0, 0.05) is 11.6 Å². The molecular formula is C11H13NO3S. The lowest BCUT2D eigenvalue weighted by molar-refractivity contribution is -0.387. The van der Waals surface area contributed by atoms with Gasteiger partial charge in [-0.3, -0.25) is 14.9 Å². The van der Waals surface area contributed by atoms with Crippen molar-refractivity contribution < 1.29 is 9.72 Å². The van der Waals surface area contributed by atoms with E-state index in [0.717, 1.165) is 18.6 Å². The molecule has 0 saturated carbocycles. The minimum Gasteiger partial charge on any atom is -0.298 e. The van der Waals surface area contributed by atoms with Crippen LogP contribution in [0, 0.1) is 10.1 Å². The average molecular weight is 239 g/mol. The first-order chi connectivity index (χ1) is 7.69. The summed E-state index contributed by atoms with van der Waals surface area (Å²) in [6.07, 6.45) is 2.71. The third-order valence-electron chi connectivity index (χ3n) is 2.07. The van der Waals surface area contributed by atoms with Crippen LogP contribution in [-0.4, -0.2) is 17.0 Å². The van der Waals surface area contributed by atoms with Crippen molar-refractivity contribution in [3.8, 4) is 0 Å². The summed E-state index contributed by atoms with van der Waals surface area (Å²) in [7, 11) is 0. The van der Waals surface area contributed by atoms with Crippen LogP contribution in [0.15, 0.2) is 23.1 Å². The van der Waals surface area contributed by atoms with Crippen molar-refractivity contribution in [2.45, 2.75) is 24.7 Å². The van der Waals surface area contributed by atoms with Crippen molar-refractivity contribution in [1.82, 2.24) is 0 Å². The second-order valence-corrected chi connectivity index (χ2v) is 4.44. The Morgan fingerprint density at radius 3 is 2.81 bits per heavy atom. The number of aldehydes is 1. The molecule has 0 bridgehead atoms. The number of hydrogen-bond donors (Lipinski definition) is 0. The highest BCUT2D eigenvalue weighted by Crippen LogP contribution is 2.30. The second kappa shape index (κ2) is 6.27. The standard InChI is InChI=1S/C11H13NO3S/c1-2-3-6-16-11-5-4-9(8-13)7-10(11)12(14)15/h4-5,7-8H,2-3,6H2,1H3. The largest absolute Gasteiger partial charge is 0.298 e. The fourth-order valence-corrected chi connectivity index (χ4v) is 2.30. The van der Waals surface area contributed by atoms with Gasteiger partial charge in [0.15, 0.2) is 0 Å². The van der Waals surface area contributed by atoms with Crippen LogP contribution < -0.4 is 0 Å². The normalized spacial score (nSPS) is 10.1. The molecule has 0 heterocycles. The van der Waals surface area contributed by atoms with Crippen molar-refractivity contribution >= 4 is 23.7 Å². The molecule has 0 aliphatic rings. The maximum atomic E-state index is 10.8. The van der Waals surface area contributed by atoms with Crippen LogP contribution in [0.5, 0.6) is 0 Å². The van der Waals surface area contributed by atoms with Crippen molar-refractivity contribution in [1.29, 1.82) is 0 Å². The molecule has 16 heavy (non-hydrogen) atoms. The molecule has 5 heteroatoms. The maximum Gasteiger partial charge on any atom is 0.283 e. The van der Waals surface area contributed by atoms with E-state index in [2.05, 4.69) is 6.92 Å². The van der Waals surface area contributed by atoms with Gasteiger partial charge < -0.3 is 0 Å². The van der Waals surface area contributed by atoms with E-state index in [1.54, 1.807) is 12.1 Å². The highest BCUT2D eigenvalue weighted by molar-refractivity contribution is 7.99. The first-order valence-electron chi connectivity index (χ1n) is 5.05. The summed E-state index contributed by atoms with van der Waals surface area (Å²) in [5.41, 5.74) is 0.359. The highest BCUT2D eigenvalue weighted by Gasteiger charge is 2.14. The molecule has 1 aromatic carbocycles. The number of thioether (sulfide) groups is 1. The Morgan fingerprint density at radius 1 is 1.50 bits per heavy atom. The van der Waals surface area contributed by atoms with E-state index in [1.807, 2.05) is 0 Å². The second-order valence-electron chi connectivity index (χ2n) is 3.30. The summed E-state index contributed by atoms with van der Waals surface area (Å²) >= 11 is 1.46. The molecule has 0 aliphatic heterocycles. The molecule has 1 aromatic rings. The van der Waals surface area contributed by atoms with Gasteiger partial charge in [-0.1, -0.05) is 19.4 Å². The molecule has 1 rings (SSSR count). The Balaban J connectivity index is 2.89. The van der Waals surface area contributed by atoms with Crippen LogP contribution in [0.1, 0.15) is 30.1 Å². The van der Waals surface area contributed by atoms with Gasteiger partial charge in [0.05, 0.1) is 9.82 Å². The number of carbonyl (C=O) groups excluding carboxylic acids is 1. The van der Waals surface area contributed by atoms with E-state index >= 15 is 0 Å². The Kier molecular flexibility index (Phi) is 4.98. The van der Waals surface area contributed by atoms with Crippen molar-refractivity contribution in [3.63, 3.8) is 0 Å². The highest BCUT2D eigenvalue weighted by atomic mass is 32.2. The smallest absolute Gasteiger partial charge is 0.283 e. The summed E-state index contributed by atoms with van der Waals surface area (Å²) < 4.78 is 0. The molecule has 0 radical (unpaired) electrons. The molecule has 0 saturated heterocycles. The first-order valence-corrected chi connectivity index (χ1v) is 6.04. The lowest BCUT2D eigenvalue weighted by Gasteiger charge is -2.02. The molecule has 0 N–H and O–H groups in total. The zero-order valence-electron chi connectivity index (χ0n) is 9.01. The predicted octanol–water partition coefficient (Wildman–Crippen LogP) is 3.30. The van der Waals surface area contributed by atoms with E-state index < -0.39 is 4.92 Å². The molecular weight excluding hydrogens is 226 g/mol. The number of carbonyl (C=O) groups is 1. The summed E-state index contributed by atoms with van der Waals surface area (Å²) in [4.78, 5) is 21.5. The van der Waals surface area contributed by atoms with Crippen LogP contribution in [-0.2, 0) is 0 Å². The van der Waals surface area contributed by atoms with Crippen LogP contribution in [0.3, 0.4) is 0 Å². The van der Waals surface area contributed by atoms with E-state index in [9.17, 15) is 14.9 Å². The Bertz CT molecular complexity index is 393. The van der Waals surface area contributed by atoms with Gasteiger partial charge in [-0.2, -0.15) is 0 Å². The van der Waals surface area contributed by atoms with Gasteiger partial charge in [-0.25, -0.2) is 0 Å². The third-order valence-corrected chi connectivity index (χ3v) is 3.22. The Labute approximate surface area is 98.2 Å². The minimum atomic E-state index is -0.443. The van der Waals surface area contributed by atoms with Gasteiger partial charge >= 0.3 is 0 Å². The van der Waals surface area contributed by atoms with Crippen LogP contribution in [0.4, 0.5) is 5.69 Å². The quantitative estimate of drug-likeness (QED) is 0.251. The number of nitro benzene ring substituents is 1. The molecule has 0 amide bonds. The van der Waals surface area contributed by atoms with E-state index in [0.29, 0.717) is 16.7 Å². The average Bonchev–Trinajstić information content (AvgIpc) is 2.29. The van der Waals surface area contributed by atoms with Gasteiger partial charge in [-0.15, -0.1) is 11.8 Å². The summed E-state index contributed by atoms with van der Waals surface area (Å²) in [5, 5.41) is 10.8. The van der Waals surface area contributed by atoms with E-state index in [-0.39, 0.29) is 5.69 Å². The first kappa shape index (κ1) is 12.7. The molecule has 0 fully saturated rings. The molecule has 0 aromatic heterocycles. The molecule has 0 spiro atoms. The van der Waals surface area contributed by atoms with Crippen LogP contribution in [0.2, 0.25) is 0 Å². The Morgan fingerprint density at radius 2 is 2.25 bits per heavy atom. The fourth-order valence-electron chi connectivity index (χ4n) is 1.20. The monoisotopic (exact) mass is 239 g/mol. The summed E-state index contributed by atoms with van der Waals surface area (Å²) in [5.74, 6) is 0.859. The van der Waals surface area contributed by atoms with E-state index in [1.165, 1.54) is 17.8 Å². The maximum absolute atomic E-state index is 10.8. The number of hydrogen-bond acceptors (Lipinski definition) is 4. The predicted molar refractivity (Wildman–Crippen MR) is 64.1 cm³/mol. The molecule has 0 atom stereocenters. The van der Waals surface area contributed by atoms with Gasteiger partial charge in [-0.05, 0) is 18.2 Å². The summed E-state index contributed by atoms with van der Waals surface area (Å²) in [6.45, 7) is 2.07. The lowest BCUT2D eigenvalue weighted by Crippen LogP contribution is -1.93. The van der Waals surface area contributed by atoms with Crippen LogP contribution in [0.25, 0.3) is 0 Å². The van der Waals surface area contributed by atoms with Gasteiger partial charge in [0.25, 0.3) is 5.69 Å². The van der Waals surface area contributed by atoms with Crippen LogP contribution >= 0.6 is 11.8 Å². The van der Waals surface area contributed by atoms with Crippen molar-refractivity contribution in [3.05, 3.63) is 33.9 Å². The fraction of sp³-hybridized carbons (Fsp3) is 0.364. The molecule has 86 valence electrons. The van der Waals surface area contributed by atoms with Gasteiger partial charge in [0.1, 0.15) is 6.29 Å². The SMILES string of the molecule is CCCCSc1ccc(C=O)cc1[N+](=O)[O-]. The minimum absolute atomic E-state index is 0.0192. The zero-order chi connectivity index (χ0) is 12.0. The number of benzene rings is 1. The zero-order valence-corrected chi connectivity index (χ0v) is 9.83. The number of nitro groups is 1. The third kappa shape index (κ3) is 3.34. The molecule has 0 aliphatic carbocycles. The topological polar surface area (TPSA) is 60.2 Å². The Hall–Kier alpha value is -1.36. The molecule has 4 nitrogen and oxygen atoms in total. The van der Waals surface area contributed by atoms with Crippen molar-refractivity contribution in [2.24, 2.45) is 0 Å². The van der Waals surface area contributed by atoms with E-state index in [4.69, 9.17) is 0 Å². The lowest BCUT2D eigenvalue weighted by atomic mass is 10.2. The number of nitrogens with zero attached hydrogens (tertiary/aromatic N) is 1. The number of rotatable bonds is 6.